The van der Waals surface area contributed by atoms with Gasteiger partial charge in [-0.15, -0.1) is 0 Å². The predicted octanol–water partition coefficient (Wildman–Crippen LogP) is 2.32. The Bertz CT molecular complexity index is 867. The van der Waals surface area contributed by atoms with Gasteiger partial charge in [-0.3, -0.25) is 4.79 Å². The summed E-state index contributed by atoms with van der Waals surface area (Å²) in [6, 6.07) is 17.1. The lowest BCUT2D eigenvalue weighted by molar-refractivity contribution is -0.129. The van der Waals surface area contributed by atoms with E-state index in [0.29, 0.717) is 13.0 Å². The molecule has 0 spiro atoms. The second-order valence-corrected chi connectivity index (χ2v) is 8.94. The van der Waals surface area contributed by atoms with Gasteiger partial charge in [0, 0.05) is 18.8 Å². The second-order valence-electron chi connectivity index (χ2n) is 6.71. The Morgan fingerprint density at radius 1 is 1.15 bits per heavy atom. The number of anilines is 1. The molecule has 0 unspecified atom stereocenters. The molecule has 3 rings (SSSR count). The largest absolute Gasteiger partial charge is 0.489 e. The van der Waals surface area contributed by atoms with Crippen molar-refractivity contribution in [3.63, 3.8) is 0 Å². The van der Waals surface area contributed by atoms with Crippen LogP contribution < -0.4 is 10.1 Å². The number of carbonyl (C=O) groups excluding carboxylic acids is 1. The maximum atomic E-state index is 12.3. The second kappa shape index (κ2) is 8.43. The van der Waals surface area contributed by atoms with Gasteiger partial charge in [-0.05, 0) is 36.2 Å². The van der Waals surface area contributed by atoms with Crippen molar-refractivity contribution in [3.8, 4) is 5.75 Å². The summed E-state index contributed by atoms with van der Waals surface area (Å²) in [6.45, 7) is 0.623. The molecule has 1 N–H and O–H groups in total. The highest BCUT2D eigenvalue weighted by atomic mass is 32.2. The molecular weight excluding hydrogens is 364 g/mol. The molecule has 2 aromatic carbocycles. The zero-order valence-corrected chi connectivity index (χ0v) is 16.1. The Balaban J connectivity index is 1.46. The standard InChI is InChI=1S/C20H24N2O4S/c1-22(18-11-12-27(24,25)15-18)20(23)13-21-17-7-9-19(10-8-17)26-14-16-5-3-2-4-6-16/h2-10,18,21H,11-15H2,1H3/t18-/m0/s1. The van der Waals surface area contributed by atoms with E-state index in [4.69, 9.17) is 4.74 Å². The third-order valence-corrected chi connectivity index (χ3v) is 6.45. The molecule has 0 bridgehead atoms. The Morgan fingerprint density at radius 3 is 2.48 bits per heavy atom. The fraction of sp³-hybridized carbons (Fsp3) is 0.350. The minimum atomic E-state index is -3.00. The van der Waals surface area contributed by atoms with Gasteiger partial charge in [-0.2, -0.15) is 0 Å². The molecule has 1 atom stereocenters. The number of hydrogen-bond acceptors (Lipinski definition) is 5. The summed E-state index contributed by atoms with van der Waals surface area (Å²) in [7, 11) is -1.34. The molecule has 1 aliphatic heterocycles. The molecule has 27 heavy (non-hydrogen) atoms. The van der Waals surface area contributed by atoms with Crippen molar-refractivity contribution in [1.82, 2.24) is 4.90 Å². The van der Waals surface area contributed by atoms with E-state index in [1.165, 1.54) is 4.90 Å². The van der Waals surface area contributed by atoms with Gasteiger partial charge < -0.3 is 15.0 Å². The molecule has 1 fully saturated rings. The smallest absolute Gasteiger partial charge is 0.241 e. The molecule has 1 heterocycles. The fourth-order valence-corrected chi connectivity index (χ4v) is 4.77. The van der Waals surface area contributed by atoms with E-state index in [2.05, 4.69) is 5.32 Å². The van der Waals surface area contributed by atoms with Crippen molar-refractivity contribution in [1.29, 1.82) is 0 Å². The first kappa shape index (κ1) is 19.2. The normalized spacial score (nSPS) is 18.0. The molecule has 1 saturated heterocycles. The zero-order valence-electron chi connectivity index (χ0n) is 15.3. The number of nitrogens with one attached hydrogen (secondary N) is 1. The Morgan fingerprint density at radius 2 is 1.85 bits per heavy atom. The summed E-state index contributed by atoms with van der Waals surface area (Å²) in [6.07, 6.45) is 0.512. The van der Waals surface area contributed by atoms with Crippen LogP contribution in [0, 0.1) is 0 Å². The number of amides is 1. The van der Waals surface area contributed by atoms with Gasteiger partial charge in [0.1, 0.15) is 12.4 Å². The van der Waals surface area contributed by atoms with E-state index in [-0.39, 0.29) is 30.0 Å². The average Bonchev–Trinajstić information content (AvgIpc) is 3.05. The first-order valence-corrected chi connectivity index (χ1v) is 10.7. The third-order valence-electron chi connectivity index (χ3n) is 4.70. The van der Waals surface area contributed by atoms with Crippen molar-refractivity contribution < 1.29 is 17.9 Å². The number of nitrogens with zero attached hydrogens (tertiary/aromatic N) is 1. The van der Waals surface area contributed by atoms with Crippen LogP contribution in [0.3, 0.4) is 0 Å². The van der Waals surface area contributed by atoms with Crippen molar-refractivity contribution in [2.75, 3.05) is 30.4 Å². The van der Waals surface area contributed by atoms with Gasteiger partial charge in [0.2, 0.25) is 5.91 Å². The van der Waals surface area contributed by atoms with E-state index in [9.17, 15) is 13.2 Å². The lowest BCUT2D eigenvalue weighted by atomic mass is 10.2. The highest BCUT2D eigenvalue weighted by Crippen LogP contribution is 2.18. The Hall–Kier alpha value is -2.54. The number of ether oxygens (including phenoxy) is 1. The van der Waals surface area contributed by atoms with Gasteiger partial charge in [0.05, 0.1) is 18.1 Å². The Kier molecular flexibility index (Phi) is 6.01. The number of likely N-dealkylation sites (N-methyl/N-ethyl adjacent to an activating group) is 1. The Labute approximate surface area is 160 Å². The van der Waals surface area contributed by atoms with Crippen LogP contribution in [-0.2, 0) is 21.2 Å². The highest BCUT2D eigenvalue weighted by molar-refractivity contribution is 7.91. The lowest BCUT2D eigenvalue weighted by Gasteiger charge is -2.23. The van der Waals surface area contributed by atoms with E-state index >= 15 is 0 Å². The van der Waals surface area contributed by atoms with Crippen LogP contribution in [0.5, 0.6) is 5.75 Å². The van der Waals surface area contributed by atoms with Crippen LogP contribution in [0.4, 0.5) is 5.69 Å². The van der Waals surface area contributed by atoms with E-state index in [0.717, 1.165) is 17.0 Å². The molecule has 6 nitrogen and oxygen atoms in total. The van der Waals surface area contributed by atoms with E-state index in [1.807, 2.05) is 54.6 Å². The number of carbonyl (C=O) groups is 1. The van der Waals surface area contributed by atoms with Crippen LogP contribution in [0.15, 0.2) is 54.6 Å². The van der Waals surface area contributed by atoms with Gasteiger partial charge in [-0.1, -0.05) is 30.3 Å². The molecule has 0 saturated carbocycles. The van der Waals surface area contributed by atoms with Crippen LogP contribution in [0.2, 0.25) is 0 Å². The maximum Gasteiger partial charge on any atom is 0.241 e. The average molecular weight is 388 g/mol. The highest BCUT2D eigenvalue weighted by Gasteiger charge is 2.32. The minimum Gasteiger partial charge on any atom is -0.489 e. The van der Waals surface area contributed by atoms with Gasteiger partial charge in [-0.25, -0.2) is 8.42 Å². The van der Waals surface area contributed by atoms with Crippen LogP contribution >= 0.6 is 0 Å². The summed E-state index contributed by atoms with van der Waals surface area (Å²) in [5.41, 5.74) is 1.91. The molecule has 1 amide bonds. The van der Waals surface area contributed by atoms with E-state index in [1.54, 1.807) is 7.05 Å². The molecular formula is C20H24N2O4S. The number of benzene rings is 2. The molecule has 144 valence electrons. The predicted molar refractivity (Wildman–Crippen MR) is 106 cm³/mol. The van der Waals surface area contributed by atoms with Crippen molar-refractivity contribution in [2.45, 2.75) is 19.1 Å². The first-order chi connectivity index (χ1) is 12.9. The van der Waals surface area contributed by atoms with Gasteiger partial charge in [0.25, 0.3) is 0 Å². The summed E-state index contributed by atoms with van der Waals surface area (Å²) in [5.74, 6) is 0.848. The summed E-state index contributed by atoms with van der Waals surface area (Å²) in [4.78, 5) is 13.8. The number of rotatable bonds is 7. The maximum absolute atomic E-state index is 12.3. The third kappa shape index (κ3) is 5.47. The SMILES string of the molecule is CN(C(=O)CNc1ccc(OCc2ccccc2)cc1)[C@H]1CCS(=O)(=O)C1. The zero-order chi connectivity index (χ0) is 19.3. The van der Waals surface area contributed by atoms with Crippen molar-refractivity contribution in [2.24, 2.45) is 0 Å². The van der Waals surface area contributed by atoms with Crippen LogP contribution in [0.1, 0.15) is 12.0 Å². The molecule has 2 aromatic rings. The summed E-state index contributed by atoms with van der Waals surface area (Å²) < 4.78 is 28.9. The molecule has 1 aliphatic rings. The fourth-order valence-electron chi connectivity index (χ4n) is 3.00. The number of sulfone groups is 1. The monoisotopic (exact) mass is 388 g/mol. The minimum absolute atomic E-state index is 0.0582. The number of hydrogen-bond donors (Lipinski definition) is 1. The van der Waals surface area contributed by atoms with Crippen molar-refractivity contribution >= 4 is 21.4 Å². The first-order valence-electron chi connectivity index (χ1n) is 8.90. The molecule has 0 radical (unpaired) electrons. The van der Waals surface area contributed by atoms with Gasteiger partial charge in [0.15, 0.2) is 9.84 Å². The molecule has 0 aliphatic carbocycles. The van der Waals surface area contributed by atoms with Gasteiger partial charge >= 0.3 is 0 Å². The van der Waals surface area contributed by atoms with E-state index < -0.39 is 9.84 Å². The summed E-state index contributed by atoms with van der Waals surface area (Å²) >= 11 is 0. The van der Waals surface area contributed by atoms with Crippen LogP contribution in [0.25, 0.3) is 0 Å². The topological polar surface area (TPSA) is 75.7 Å². The van der Waals surface area contributed by atoms with Crippen LogP contribution in [-0.4, -0.2) is 50.4 Å². The molecule has 0 aromatic heterocycles. The lowest BCUT2D eigenvalue weighted by Crippen LogP contribution is -2.40. The molecule has 7 heteroatoms. The van der Waals surface area contributed by atoms with Crippen molar-refractivity contribution in [3.05, 3.63) is 60.2 Å². The quantitative estimate of drug-likeness (QED) is 0.788. The summed E-state index contributed by atoms with van der Waals surface area (Å²) in [5, 5.41) is 3.07.